The molecule has 0 aliphatic heterocycles. The van der Waals surface area contributed by atoms with Gasteiger partial charge in [-0.3, -0.25) is 4.79 Å². The number of aromatic nitrogens is 5. The Hall–Kier alpha value is -2.48. The molecule has 0 radical (unpaired) electrons. The third-order valence-corrected chi connectivity index (χ3v) is 4.01. The number of amides is 1. The van der Waals surface area contributed by atoms with Crippen LogP contribution in [0.3, 0.4) is 0 Å². The molecule has 3 rings (SSSR count). The lowest BCUT2D eigenvalue weighted by atomic mass is 10.2. The van der Waals surface area contributed by atoms with Gasteiger partial charge in [0, 0.05) is 13.6 Å². The second-order valence-electron chi connectivity index (χ2n) is 4.62. The van der Waals surface area contributed by atoms with Gasteiger partial charge in [-0.1, -0.05) is 47.3 Å². The Labute approximate surface area is 131 Å². The number of nitrogens with zero attached hydrogens (tertiary/aromatic N) is 5. The Kier molecular flexibility index (Phi) is 4.29. The molecule has 3 aromatic rings. The van der Waals surface area contributed by atoms with Gasteiger partial charge in [-0.25, -0.2) is 14.6 Å². The number of hydrogen-bond donors (Lipinski definition) is 1. The van der Waals surface area contributed by atoms with Crippen molar-refractivity contribution in [3.63, 3.8) is 0 Å². The van der Waals surface area contributed by atoms with Gasteiger partial charge in [0.15, 0.2) is 11.2 Å². The van der Waals surface area contributed by atoms with Crippen LogP contribution in [-0.2, 0) is 18.4 Å². The second kappa shape index (κ2) is 6.52. The molecule has 2 aromatic heterocycles. The van der Waals surface area contributed by atoms with Gasteiger partial charge in [0.05, 0.1) is 5.75 Å². The molecule has 112 valence electrons. The molecule has 0 fully saturated rings. The molecule has 0 atom stereocenters. The van der Waals surface area contributed by atoms with Crippen molar-refractivity contribution in [2.45, 2.75) is 11.6 Å². The fourth-order valence-corrected chi connectivity index (χ4v) is 2.68. The van der Waals surface area contributed by atoms with Gasteiger partial charge in [-0.05, 0) is 5.56 Å². The Morgan fingerprint density at radius 3 is 2.91 bits per heavy atom. The summed E-state index contributed by atoms with van der Waals surface area (Å²) in [6, 6.07) is 9.79. The molecular weight excluding hydrogens is 300 g/mol. The molecule has 2 heterocycles. The fraction of sp³-hybridized carbons (Fsp3) is 0.214. The van der Waals surface area contributed by atoms with Crippen molar-refractivity contribution in [3.8, 4) is 0 Å². The van der Waals surface area contributed by atoms with Crippen LogP contribution in [0.2, 0.25) is 0 Å². The van der Waals surface area contributed by atoms with E-state index < -0.39 is 0 Å². The number of rotatable bonds is 5. The Balaban J connectivity index is 1.58. The van der Waals surface area contributed by atoms with E-state index in [9.17, 15) is 4.79 Å². The van der Waals surface area contributed by atoms with Crippen molar-refractivity contribution in [2.24, 2.45) is 7.05 Å². The van der Waals surface area contributed by atoms with Crippen LogP contribution in [0.5, 0.6) is 0 Å². The van der Waals surface area contributed by atoms with Crippen molar-refractivity contribution < 1.29 is 4.79 Å². The summed E-state index contributed by atoms with van der Waals surface area (Å²) < 4.78 is 1.58. The topological polar surface area (TPSA) is 85.6 Å². The second-order valence-corrected chi connectivity index (χ2v) is 5.58. The Morgan fingerprint density at radius 2 is 2.09 bits per heavy atom. The van der Waals surface area contributed by atoms with Crippen molar-refractivity contribution in [1.29, 1.82) is 0 Å². The van der Waals surface area contributed by atoms with Crippen molar-refractivity contribution >= 4 is 28.8 Å². The number of nitrogens with one attached hydrogen (secondary N) is 1. The molecule has 1 amide bonds. The first-order chi connectivity index (χ1) is 10.7. The summed E-state index contributed by atoms with van der Waals surface area (Å²) in [7, 11) is 1.77. The minimum atomic E-state index is -0.0514. The number of hydrogen-bond acceptors (Lipinski definition) is 6. The first-order valence-electron chi connectivity index (χ1n) is 6.68. The molecule has 1 N–H and O–H groups in total. The normalized spacial score (nSPS) is 10.8. The molecule has 0 bridgehead atoms. The van der Waals surface area contributed by atoms with E-state index in [2.05, 4.69) is 25.6 Å². The average Bonchev–Trinajstić information content (AvgIpc) is 2.94. The Morgan fingerprint density at radius 1 is 1.27 bits per heavy atom. The van der Waals surface area contributed by atoms with E-state index in [0.29, 0.717) is 22.7 Å². The van der Waals surface area contributed by atoms with Crippen molar-refractivity contribution in [2.75, 3.05) is 5.75 Å². The summed E-state index contributed by atoms with van der Waals surface area (Å²) in [5.41, 5.74) is 2.34. The molecule has 1 aromatic carbocycles. The van der Waals surface area contributed by atoms with Crippen molar-refractivity contribution in [1.82, 2.24) is 30.3 Å². The summed E-state index contributed by atoms with van der Waals surface area (Å²) in [5, 5.41) is 11.5. The number of fused-ring (bicyclic) bond motifs is 1. The van der Waals surface area contributed by atoms with Gasteiger partial charge in [0.2, 0.25) is 5.91 Å². The van der Waals surface area contributed by atoms with Gasteiger partial charge in [0.25, 0.3) is 0 Å². The van der Waals surface area contributed by atoms with Crippen LogP contribution in [0.1, 0.15) is 5.56 Å². The van der Waals surface area contributed by atoms with Gasteiger partial charge >= 0.3 is 0 Å². The van der Waals surface area contributed by atoms with Crippen LogP contribution in [0.15, 0.2) is 41.7 Å². The van der Waals surface area contributed by atoms with Crippen LogP contribution >= 0.6 is 11.8 Å². The number of aryl methyl sites for hydroxylation is 1. The average molecular weight is 314 g/mol. The zero-order chi connectivity index (χ0) is 15.4. The number of carbonyl (C=O) groups is 1. The zero-order valence-electron chi connectivity index (χ0n) is 11.9. The number of carbonyl (C=O) groups excluding carboxylic acids is 1. The van der Waals surface area contributed by atoms with E-state index in [0.717, 1.165) is 5.56 Å². The van der Waals surface area contributed by atoms with Crippen LogP contribution < -0.4 is 5.32 Å². The molecule has 0 saturated carbocycles. The third-order valence-electron chi connectivity index (χ3n) is 3.03. The lowest BCUT2D eigenvalue weighted by molar-refractivity contribution is -0.118. The highest BCUT2D eigenvalue weighted by Crippen LogP contribution is 2.21. The monoisotopic (exact) mass is 314 g/mol. The van der Waals surface area contributed by atoms with Crippen LogP contribution in [0.4, 0.5) is 0 Å². The summed E-state index contributed by atoms with van der Waals surface area (Å²) in [5.74, 6) is 0.222. The largest absolute Gasteiger partial charge is 0.351 e. The van der Waals surface area contributed by atoms with E-state index in [1.54, 1.807) is 11.7 Å². The maximum atomic E-state index is 11.9. The molecule has 0 unspecified atom stereocenters. The van der Waals surface area contributed by atoms with Crippen molar-refractivity contribution in [3.05, 3.63) is 42.2 Å². The quantitative estimate of drug-likeness (QED) is 0.562. The molecule has 0 spiro atoms. The summed E-state index contributed by atoms with van der Waals surface area (Å²) in [6.07, 6.45) is 1.45. The predicted octanol–water partition coefficient (Wildman–Crippen LogP) is 1.17. The first-order valence-corrected chi connectivity index (χ1v) is 7.66. The van der Waals surface area contributed by atoms with Gasteiger partial charge in [-0.2, -0.15) is 0 Å². The number of benzene rings is 1. The Bertz CT molecular complexity index is 788. The maximum absolute atomic E-state index is 11.9. The molecule has 22 heavy (non-hydrogen) atoms. The lowest BCUT2D eigenvalue weighted by Crippen LogP contribution is -2.24. The molecular formula is C14H14N6OS. The fourth-order valence-electron chi connectivity index (χ4n) is 1.92. The zero-order valence-corrected chi connectivity index (χ0v) is 12.7. The van der Waals surface area contributed by atoms with Gasteiger partial charge in [0.1, 0.15) is 11.4 Å². The minimum Gasteiger partial charge on any atom is -0.351 e. The summed E-state index contributed by atoms with van der Waals surface area (Å²) >= 11 is 1.33. The minimum absolute atomic E-state index is 0.0514. The molecule has 0 saturated heterocycles. The van der Waals surface area contributed by atoms with E-state index in [4.69, 9.17) is 0 Å². The maximum Gasteiger partial charge on any atom is 0.230 e. The van der Waals surface area contributed by atoms with Crippen LogP contribution in [-0.4, -0.2) is 36.6 Å². The first kappa shape index (κ1) is 14.5. The highest BCUT2D eigenvalue weighted by Gasteiger charge is 2.11. The van der Waals surface area contributed by atoms with E-state index in [1.807, 2.05) is 30.3 Å². The van der Waals surface area contributed by atoms with Crippen LogP contribution in [0.25, 0.3) is 11.2 Å². The smallest absolute Gasteiger partial charge is 0.230 e. The standard InChI is InChI=1S/C14H14N6OS/c1-20-13-12(18-19-20)14(17-9-16-13)22-8-11(21)15-7-10-5-3-2-4-6-10/h2-6,9H,7-8H2,1H3,(H,15,21). The third kappa shape index (κ3) is 3.22. The number of thioether (sulfide) groups is 1. The van der Waals surface area contributed by atoms with E-state index in [-0.39, 0.29) is 11.7 Å². The molecule has 7 nitrogen and oxygen atoms in total. The summed E-state index contributed by atoms with van der Waals surface area (Å²) in [4.78, 5) is 20.2. The van der Waals surface area contributed by atoms with E-state index in [1.165, 1.54) is 18.1 Å². The van der Waals surface area contributed by atoms with Crippen LogP contribution in [0, 0.1) is 0 Å². The van der Waals surface area contributed by atoms with Gasteiger partial charge < -0.3 is 5.32 Å². The van der Waals surface area contributed by atoms with Gasteiger partial charge in [-0.15, -0.1) is 5.10 Å². The highest BCUT2D eigenvalue weighted by atomic mass is 32.2. The molecule has 0 aliphatic carbocycles. The summed E-state index contributed by atoms with van der Waals surface area (Å²) in [6.45, 7) is 0.518. The highest BCUT2D eigenvalue weighted by molar-refractivity contribution is 8.00. The lowest BCUT2D eigenvalue weighted by Gasteiger charge is -2.05. The van der Waals surface area contributed by atoms with E-state index >= 15 is 0 Å². The molecule has 8 heteroatoms. The molecule has 0 aliphatic rings. The SMILES string of the molecule is Cn1nnc2c(SCC(=O)NCc3ccccc3)ncnc21. The predicted molar refractivity (Wildman–Crippen MR) is 83.1 cm³/mol.